The number of hydrogen-bond donors (Lipinski definition) is 3. The fraction of sp³-hybridized carbons (Fsp3) is 0.636. The molecule has 4 aliphatic rings. The van der Waals surface area contributed by atoms with Crippen molar-refractivity contribution in [2.75, 3.05) is 25.5 Å². The normalized spacial score (nSPS) is 28.5. The lowest BCUT2D eigenvalue weighted by Gasteiger charge is -2.42. The van der Waals surface area contributed by atoms with E-state index in [4.69, 9.17) is 11.6 Å². The third kappa shape index (κ3) is 4.27. The quantitative estimate of drug-likeness (QED) is 0.573. The standard InChI is InChI=1S/C22H30ClN5O4S/c1-24-14-4-6-27(7-5-14)33(31,32)28-16-2-3-17(28)11-15(10-16)25-22(30)18-8-13-9-21(29)26-20(13)12-19(18)23/h8,12,14-17,24H,2-7,9-11H2,1H3,(H,25,30)(H,26,29)/t15-,16+,17-. The average Bonchev–Trinajstić information content (AvgIpc) is 3.29. The summed E-state index contributed by atoms with van der Waals surface area (Å²) >= 11 is 6.32. The number of nitrogens with one attached hydrogen (secondary N) is 3. The molecule has 9 nitrogen and oxygen atoms in total. The second-order valence-electron chi connectivity index (χ2n) is 9.54. The van der Waals surface area contributed by atoms with Crippen molar-refractivity contribution in [1.29, 1.82) is 0 Å². The lowest BCUT2D eigenvalue weighted by atomic mass is 9.99. The van der Waals surface area contributed by atoms with Crippen LogP contribution in [0.4, 0.5) is 5.69 Å². The van der Waals surface area contributed by atoms with Gasteiger partial charge in [0.2, 0.25) is 5.91 Å². The second-order valence-corrected chi connectivity index (χ2v) is 11.8. The van der Waals surface area contributed by atoms with E-state index in [9.17, 15) is 18.0 Å². The van der Waals surface area contributed by atoms with E-state index >= 15 is 0 Å². The van der Waals surface area contributed by atoms with Crippen molar-refractivity contribution in [3.8, 4) is 0 Å². The van der Waals surface area contributed by atoms with Crippen LogP contribution in [-0.4, -0.2) is 73.1 Å². The van der Waals surface area contributed by atoms with Crippen LogP contribution in [0, 0.1) is 0 Å². The maximum atomic E-state index is 13.4. The molecule has 3 fully saturated rings. The first-order chi connectivity index (χ1) is 15.8. The van der Waals surface area contributed by atoms with E-state index in [1.165, 1.54) is 0 Å². The van der Waals surface area contributed by atoms with Crippen molar-refractivity contribution in [2.45, 2.75) is 69.1 Å². The smallest absolute Gasteiger partial charge is 0.282 e. The van der Waals surface area contributed by atoms with E-state index in [0.29, 0.717) is 48.2 Å². The second kappa shape index (κ2) is 8.81. The number of benzene rings is 1. The van der Waals surface area contributed by atoms with Crippen molar-refractivity contribution in [3.05, 3.63) is 28.3 Å². The van der Waals surface area contributed by atoms with E-state index in [1.54, 1.807) is 20.7 Å². The highest BCUT2D eigenvalue weighted by molar-refractivity contribution is 7.86. The van der Waals surface area contributed by atoms with Gasteiger partial charge in [0.15, 0.2) is 0 Å². The number of halogens is 1. The number of hydrogen-bond acceptors (Lipinski definition) is 5. The van der Waals surface area contributed by atoms with Crippen LogP contribution in [0.15, 0.2) is 12.1 Å². The molecule has 0 spiro atoms. The third-order valence-electron chi connectivity index (χ3n) is 7.52. The predicted octanol–water partition coefficient (Wildman–Crippen LogP) is 1.49. The van der Waals surface area contributed by atoms with Crippen LogP contribution in [0.2, 0.25) is 5.02 Å². The molecule has 2 bridgehead atoms. The van der Waals surface area contributed by atoms with Crippen LogP contribution in [0.3, 0.4) is 0 Å². The van der Waals surface area contributed by atoms with Gasteiger partial charge >= 0.3 is 0 Å². The minimum absolute atomic E-state index is 0.0987. The monoisotopic (exact) mass is 495 g/mol. The molecule has 180 valence electrons. The van der Waals surface area contributed by atoms with Crippen LogP contribution in [0.25, 0.3) is 0 Å². The summed E-state index contributed by atoms with van der Waals surface area (Å²) in [7, 11) is -1.59. The van der Waals surface area contributed by atoms with Gasteiger partial charge in [-0.3, -0.25) is 9.59 Å². The van der Waals surface area contributed by atoms with Crippen molar-refractivity contribution < 1.29 is 18.0 Å². The zero-order valence-electron chi connectivity index (χ0n) is 18.6. The highest BCUT2D eigenvalue weighted by atomic mass is 35.5. The largest absolute Gasteiger partial charge is 0.349 e. The highest BCUT2D eigenvalue weighted by Crippen LogP contribution is 2.39. The summed E-state index contributed by atoms with van der Waals surface area (Å²) in [4.78, 5) is 24.6. The molecule has 0 saturated carbocycles. The van der Waals surface area contributed by atoms with Gasteiger partial charge in [0.05, 0.1) is 17.0 Å². The number of anilines is 1. The van der Waals surface area contributed by atoms with Crippen LogP contribution in [0.1, 0.15) is 54.4 Å². The molecule has 4 heterocycles. The zero-order valence-corrected chi connectivity index (χ0v) is 20.2. The van der Waals surface area contributed by atoms with E-state index in [1.807, 2.05) is 7.05 Å². The fourth-order valence-corrected chi connectivity index (χ4v) is 8.15. The summed E-state index contributed by atoms with van der Waals surface area (Å²) in [5.41, 5.74) is 1.76. The summed E-state index contributed by atoms with van der Waals surface area (Å²) in [5.74, 6) is -0.393. The molecule has 4 aliphatic heterocycles. The molecule has 0 radical (unpaired) electrons. The molecule has 1 aromatic rings. The van der Waals surface area contributed by atoms with Crippen LogP contribution in [0.5, 0.6) is 0 Å². The number of amides is 2. The maximum absolute atomic E-state index is 13.4. The van der Waals surface area contributed by atoms with Gasteiger partial charge in [-0.25, -0.2) is 0 Å². The Labute approximate surface area is 199 Å². The van der Waals surface area contributed by atoms with Crippen molar-refractivity contribution in [1.82, 2.24) is 19.2 Å². The molecule has 2 amide bonds. The number of nitrogens with zero attached hydrogens (tertiary/aromatic N) is 2. The lowest BCUT2D eigenvalue weighted by Crippen LogP contribution is -2.57. The molecule has 33 heavy (non-hydrogen) atoms. The van der Waals surface area contributed by atoms with E-state index in [0.717, 1.165) is 31.2 Å². The Morgan fingerprint density at radius 2 is 1.76 bits per heavy atom. The van der Waals surface area contributed by atoms with Gasteiger partial charge in [0, 0.05) is 42.9 Å². The first-order valence-corrected chi connectivity index (χ1v) is 13.4. The molecular weight excluding hydrogens is 466 g/mol. The Kier molecular flexibility index (Phi) is 6.15. The van der Waals surface area contributed by atoms with Gasteiger partial charge in [0.1, 0.15) is 0 Å². The van der Waals surface area contributed by atoms with Gasteiger partial charge in [0.25, 0.3) is 16.1 Å². The Morgan fingerprint density at radius 1 is 1.09 bits per heavy atom. The number of fused-ring (bicyclic) bond motifs is 3. The maximum Gasteiger partial charge on any atom is 0.282 e. The number of piperidine rings is 2. The van der Waals surface area contributed by atoms with Gasteiger partial charge < -0.3 is 16.0 Å². The number of carbonyl (C=O) groups is 2. The Hall–Kier alpha value is -1.72. The zero-order chi connectivity index (χ0) is 23.3. The van der Waals surface area contributed by atoms with Crippen LogP contribution < -0.4 is 16.0 Å². The van der Waals surface area contributed by atoms with Crippen molar-refractivity contribution >= 4 is 39.3 Å². The molecule has 11 heteroatoms. The summed E-state index contributed by atoms with van der Waals surface area (Å²) in [6.45, 7) is 1.08. The van der Waals surface area contributed by atoms with Gasteiger partial charge in [-0.15, -0.1) is 0 Å². The van der Waals surface area contributed by atoms with Crippen LogP contribution >= 0.6 is 11.6 Å². The Balaban J connectivity index is 1.25. The van der Waals surface area contributed by atoms with Crippen molar-refractivity contribution in [3.63, 3.8) is 0 Å². The number of rotatable bonds is 5. The molecule has 3 atom stereocenters. The molecule has 3 N–H and O–H groups in total. The average molecular weight is 496 g/mol. The summed E-state index contributed by atoms with van der Waals surface area (Å²) in [5, 5.41) is 9.34. The summed E-state index contributed by atoms with van der Waals surface area (Å²) < 4.78 is 30.2. The van der Waals surface area contributed by atoms with Crippen molar-refractivity contribution in [2.24, 2.45) is 0 Å². The van der Waals surface area contributed by atoms with Gasteiger partial charge in [-0.2, -0.15) is 17.0 Å². The topological polar surface area (TPSA) is 111 Å². The highest BCUT2D eigenvalue weighted by Gasteiger charge is 2.49. The molecule has 5 rings (SSSR count). The molecule has 1 aromatic carbocycles. The van der Waals surface area contributed by atoms with E-state index < -0.39 is 10.2 Å². The SMILES string of the molecule is CNC1CCN(S(=O)(=O)N2[C@@H]3CC[C@H]2C[C@@H](NC(=O)c2cc4c(cc2Cl)NC(=O)C4)C3)CC1. The molecular formula is C22H30ClN5O4S. The number of carbonyl (C=O) groups excluding carboxylic acids is 2. The minimum atomic E-state index is -3.51. The summed E-state index contributed by atoms with van der Waals surface area (Å²) in [6.07, 6.45) is 4.70. The summed E-state index contributed by atoms with van der Waals surface area (Å²) in [6, 6.07) is 3.35. The fourth-order valence-electron chi connectivity index (χ4n) is 5.82. The minimum Gasteiger partial charge on any atom is -0.349 e. The predicted molar refractivity (Wildman–Crippen MR) is 125 cm³/mol. The van der Waals surface area contributed by atoms with Gasteiger partial charge in [-0.05, 0) is 63.3 Å². The van der Waals surface area contributed by atoms with Crippen LogP contribution in [-0.2, 0) is 21.4 Å². The molecule has 3 saturated heterocycles. The van der Waals surface area contributed by atoms with E-state index in [-0.39, 0.29) is 36.4 Å². The first-order valence-electron chi connectivity index (χ1n) is 11.6. The first kappa shape index (κ1) is 23.0. The molecule has 0 aromatic heterocycles. The Bertz CT molecular complexity index is 1060. The third-order valence-corrected chi connectivity index (χ3v) is 9.98. The lowest BCUT2D eigenvalue weighted by molar-refractivity contribution is -0.115. The Morgan fingerprint density at radius 3 is 2.39 bits per heavy atom. The molecule has 0 unspecified atom stereocenters. The van der Waals surface area contributed by atoms with Gasteiger partial charge in [-0.1, -0.05) is 11.6 Å². The molecule has 0 aliphatic carbocycles. The van der Waals surface area contributed by atoms with E-state index in [2.05, 4.69) is 16.0 Å².